The molecule has 2 bridgehead atoms. The van der Waals surface area contributed by atoms with Crippen molar-refractivity contribution in [1.29, 1.82) is 0 Å². The number of benzene rings is 1. The number of carbonyl (C=O) groups excluding carboxylic acids is 4. The highest BCUT2D eigenvalue weighted by Crippen LogP contribution is 2.60. The Kier molecular flexibility index (Phi) is 11.1. The van der Waals surface area contributed by atoms with Gasteiger partial charge in [0.25, 0.3) is 5.91 Å². The van der Waals surface area contributed by atoms with Crippen molar-refractivity contribution < 1.29 is 33.8 Å². The molecule has 3 aliphatic rings. The van der Waals surface area contributed by atoms with Gasteiger partial charge >= 0.3 is 5.97 Å². The Labute approximate surface area is 267 Å². The molecule has 11 heteroatoms. The summed E-state index contributed by atoms with van der Waals surface area (Å²) in [7, 11) is 0. The molecule has 2 N–H and O–H groups in total. The third kappa shape index (κ3) is 6.37. The van der Waals surface area contributed by atoms with Crippen LogP contribution in [-0.4, -0.2) is 88.6 Å². The van der Waals surface area contributed by atoms with E-state index in [2.05, 4.69) is 34.4 Å². The van der Waals surface area contributed by atoms with Crippen molar-refractivity contribution in [3.05, 3.63) is 54.6 Å². The minimum atomic E-state index is -1.24. The maximum absolute atomic E-state index is 14.7. The predicted octanol–water partition coefficient (Wildman–Crippen LogP) is 3.36. The Bertz CT molecular complexity index is 1270. The Balaban J connectivity index is 1.66. The zero-order valence-electron chi connectivity index (χ0n) is 25.8. The first kappa shape index (κ1) is 33.9. The molecule has 3 saturated heterocycles. The van der Waals surface area contributed by atoms with E-state index in [9.17, 15) is 24.3 Å². The number of rotatable bonds is 15. The molecular formula is C33H44BrN3O7. The van der Waals surface area contributed by atoms with Gasteiger partial charge in [-0.15, -0.1) is 13.2 Å². The number of alkyl halides is 1. The SMILES string of the molecule is C=CCCC(=O)NC[C@@H](C)OC(=O)[C@@H]1[C@H]2O[C@@]3(CC2Br)[C@H](C(=O)N(CC=C)c2c(C)cccc2C)N(CCCCO)C(=O)[C@@H]13. The number of allylic oxidation sites excluding steroid dienone is 1. The Morgan fingerprint density at radius 2 is 1.95 bits per heavy atom. The number of unbranched alkanes of at least 4 members (excludes halogenated alkanes) is 1. The molecular weight excluding hydrogens is 630 g/mol. The third-order valence-corrected chi connectivity index (χ3v) is 9.71. The van der Waals surface area contributed by atoms with Gasteiger partial charge in [-0.25, -0.2) is 0 Å². The summed E-state index contributed by atoms with van der Waals surface area (Å²) in [4.78, 5) is 57.7. The maximum Gasteiger partial charge on any atom is 0.312 e. The largest absolute Gasteiger partial charge is 0.460 e. The van der Waals surface area contributed by atoms with E-state index < -0.39 is 41.7 Å². The van der Waals surface area contributed by atoms with Crippen molar-refractivity contribution in [3.8, 4) is 0 Å². The summed E-state index contributed by atoms with van der Waals surface area (Å²) in [5.41, 5.74) is 1.33. The van der Waals surface area contributed by atoms with Crippen molar-refractivity contribution in [2.45, 2.75) is 81.6 Å². The highest BCUT2D eigenvalue weighted by molar-refractivity contribution is 9.09. The lowest BCUT2D eigenvalue weighted by atomic mass is 9.70. The van der Waals surface area contributed by atoms with Crippen molar-refractivity contribution in [2.24, 2.45) is 11.8 Å². The second-order valence-corrected chi connectivity index (χ2v) is 13.2. The van der Waals surface area contributed by atoms with Crippen LogP contribution in [0.4, 0.5) is 5.69 Å². The number of ether oxygens (including phenoxy) is 2. The molecule has 3 amide bonds. The molecule has 0 saturated carbocycles. The summed E-state index contributed by atoms with van der Waals surface area (Å²) >= 11 is 3.69. The van der Waals surface area contributed by atoms with Gasteiger partial charge in [-0.2, -0.15) is 0 Å². The summed E-state index contributed by atoms with van der Waals surface area (Å²) in [6, 6.07) is 4.82. The summed E-state index contributed by atoms with van der Waals surface area (Å²) in [6.07, 6.45) is 4.17. The molecule has 4 rings (SSSR count). The minimum absolute atomic E-state index is 0.0424. The molecule has 7 atom stereocenters. The van der Waals surface area contributed by atoms with Gasteiger partial charge in [0.05, 0.1) is 24.5 Å². The van der Waals surface area contributed by atoms with Crippen molar-refractivity contribution in [1.82, 2.24) is 10.2 Å². The van der Waals surface area contributed by atoms with Crippen molar-refractivity contribution in [2.75, 3.05) is 31.1 Å². The maximum atomic E-state index is 14.7. The van der Waals surface area contributed by atoms with E-state index >= 15 is 0 Å². The van der Waals surface area contributed by atoms with Gasteiger partial charge in [0.15, 0.2) is 0 Å². The molecule has 3 aliphatic heterocycles. The van der Waals surface area contributed by atoms with Gasteiger partial charge in [-0.3, -0.25) is 19.2 Å². The number of hydrogen-bond acceptors (Lipinski definition) is 7. The van der Waals surface area contributed by atoms with Crippen molar-refractivity contribution in [3.63, 3.8) is 0 Å². The number of hydrogen-bond donors (Lipinski definition) is 2. The monoisotopic (exact) mass is 673 g/mol. The number of aryl methyl sites for hydroxylation is 2. The van der Waals surface area contributed by atoms with Crippen LogP contribution in [0, 0.1) is 25.7 Å². The van der Waals surface area contributed by atoms with Gasteiger partial charge in [0.2, 0.25) is 11.8 Å². The number of anilines is 1. The van der Waals surface area contributed by atoms with Crippen LogP contribution in [0.15, 0.2) is 43.5 Å². The highest BCUT2D eigenvalue weighted by Gasteiger charge is 2.77. The summed E-state index contributed by atoms with van der Waals surface area (Å²) < 4.78 is 12.4. The summed E-state index contributed by atoms with van der Waals surface area (Å²) in [5.74, 6) is -3.22. The first-order chi connectivity index (χ1) is 21.0. The Morgan fingerprint density at radius 1 is 1.25 bits per heavy atom. The molecule has 0 aromatic heterocycles. The van der Waals surface area contributed by atoms with Gasteiger partial charge in [0.1, 0.15) is 17.7 Å². The molecule has 240 valence electrons. The molecule has 0 radical (unpaired) electrons. The number of esters is 1. The van der Waals surface area contributed by atoms with Crippen LogP contribution in [0.3, 0.4) is 0 Å². The normalized spacial score (nSPS) is 27.5. The third-order valence-electron chi connectivity index (χ3n) is 8.87. The lowest BCUT2D eigenvalue weighted by molar-refractivity contribution is -0.159. The number of para-hydroxylation sites is 1. The number of fused-ring (bicyclic) bond motifs is 1. The zero-order chi connectivity index (χ0) is 32.2. The van der Waals surface area contributed by atoms with Crippen molar-refractivity contribution >= 4 is 45.3 Å². The predicted molar refractivity (Wildman–Crippen MR) is 170 cm³/mol. The van der Waals surface area contributed by atoms with Crippen LogP contribution >= 0.6 is 15.9 Å². The average molecular weight is 675 g/mol. The summed E-state index contributed by atoms with van der Waals surface area (Å²) in [5, 5.41) is 12.2. The van der Waals surface area contributed by atoms with Crippen LogP contribution in [0.5, 0.6) is 0 Å². The second kappa shape index (κ2) is 14.4. The minimum Gasteiger partial charge on any atom is -0.460 e. The second-order valence-electron chi connectivity index (χ2n) is 12.0. The van der Waals surface area contributed by atoms with Crippen LogP contribution < -0.4 is 10.2 Å². The van der Waals surface area contributed by atoms with Gasteiger partial charge in [-0.05, 0) is 57.6 Å². The topological polar surface area (TPSA) is 125 Å². The first-order valence-corrected chi connectivity index (χ1v) is 16.2. The molecule has 0 aliphatic carbocycles. The fraction of sp³-hybridized carbons (Fsp3) is 0.576. The number of nitrogens with one attached hydrogen (secondary N) is 1. The first-order valence-electron chi connectivity index (χ1n) is 15.3. The molecule has 1 aromatic carbocycles. The zero-order valence-corrected chi connectivity index (χ0v) is 27.4. The van der Waals surface area contributed by atoms with Crippen LogP contribution in [0.1, 0.15) is 50.2 Å². The van der Waals surface area contributed by atoms with Gasteiger partial charge in [0, 0.05) is 36.6 Å². The lowest BCUT2D eigenvalue weighted by Gasteiger charge is -2.37. The van der Waals surface area contributed by atoms with Crippen LogP contribution in [0.2, 0.25) is 0 Å². The molecule has 1 spiro atoms. The smallest absolute Gasteiger partial charge is 0.312 e. The number of amides is 3. The number of likely N-dealkylation sites (tertiary alicyclic amines) is 1. The van der Waals surface area contributed by atoms with E-state index in [1.54, 1.807) is 28.9 Å². The standard InChI is InChI=1S/C33H44BrN3O7/c1-6-8-14-24(39)35-19-22(5)43-32(42)25-26-30(40)37(16-9-10-17-38)29(33(26)18-23(34)28(25)44-33)31(41)36(15-7-2)27-20(3)12-11-13-21(27)4/h6-7,11-13,22-23,25-26,28-29,38H,1-2,8-10,14-19H2,3-5H3,(H,35,39)/t22-,23?,25+,26-,28+,29+,33-/m1/s1. The number of aliphatic hydroxyl groups is 1. The van der Waals surface area contributed by atoms with Gasteiger partial charge < -0.3 is 29.7 Å². The molecule has 1 aromatic rings. The van der Waals surface area contributed by atoms with Crippen LogP contribution in [-0.2, 0) is 28.7 Å². The number of carbonyl (C=O) groups is 4. The van der Waals surface area contributed by atoms with Crippen LogP contribution in [0.25, 0.3) is 0 Å². The fourth-order valence-corrected chi connectivity index (χ4v) is 7.95. The molecule has 1 unspecified atom stereocenters. The number of nitrogens with zero attached hydrogens (tertiary/aromatic N) is 2. The number of aliphatic hydroxyl groups excluding tert-OH is 1. The van der Waals surface area contributed by atoms with E-state index in [4.69, 9.17) is 9.47 Å². The fourth-order valence-electron chi connectivity index (χ4n) is 7.01. The highest BCUT2D eigenvalue weighted by atomic mass is 79.9. The Hall–Kier alpha value is -3.02. The molecule has 3 heterocycles. The Morgan fingerprint density at radius 3 is 2.59 bits per heavy atom. The van der Waals surface area contributed by atoms with E-state index in [0.717, 1.165) is 16.8 Å². The van der Waals surface area contributed by atoms with E-state index in [1.165, 1.54) is 0 Å². The van der Waals surface area contributed by atoms with Gasteiger partial charge in [-0.1, -0.05) is 46.3 Å². The molecule has 10 nitrogen and oxygen atoms in total. The quantitative estimate of drug-likeness (QED) is 0.127. The molecule has 3 fully saturated rings. The van der Waals surface area contributed by atoms with E-state index in [1.807, 2.05) is 32.0 Å². The average Bonchev–Trinajstić information content (AvgIpc) is 3.57. The molecule has 44 heavy (non-hydrogen) atoms. The van der Waals surface area contributed by atoms with E-state index in [0.29, 0.717) is 32.1 Å². The van der Waals surface area contributed by atoms with E-state index in [-0.39, 0.29) is 48.8 Å². The summed E-state index contributed by atoms with van der Waals surface area (Å²) in [6.45, 7) is 13.6. The number of halogens is 1. The lowest BCUT2D eigenvalue weighted by Crippen LogP contribution is -2.57.